The molecule has 236 valence electrons. The zero-order chi connectivity index (χ0) is 31.7. The number of nitrogens with one attached hydrogen (secondary N) is 1. The number of rotatable bonds is 6. The Bertz CT molecular complexity index is 1200. The van der Waals surface area contributed by atoms with Gasteiger partial charge in [-0.15, -0.1) is 0 Å². The van der Waals surface area contributed by atoms with Crippen LogP contribution in [0.4, 0.5) is 0 Å². The Morgan fingerprint density at radius 2 is 1.74 bits per heavy atom. The summed E-state index contributed by atoms with van der Waals surface area (Å²) in [6.45, 7) is 6.97. The van der Waals surface area contributed by atoms with Gasteiger partial charge in [0.25, 0.3) is 0 Å². The second-order valence-electron chi connectivity index (χ2n) is 12.8. The molecule has 3 aliphatic carbocycles. The van der Waals surface area contributed by atoms with Crippen molar-refractivity contribution in [3.63, 3.8) is 0 Å². The number of ketones is 1. The van der Waals surface area contributed by atoms with E-state index in [2.05, 4.69) is 5.32 Å². The van der Waals surface area contributed by atoms with Crippen LogP contribution in [-0.4, -0.2) is 121 Å². The Hall–Kier alpha value is -2.46. The van der Waals surface area contributed by atoms with Crippen molar-refractivity contribution >= 4 is 23.6 Å². The van der Waals surface area contributed by atoms with Gasteiger partial charge in [-0.2, -0.15) is 0 Å². The van der Waals surface area contributed by atoms with E-state index in [1.807, 2.05) is 0 Å². The van der Waals surface area contributed by atoms with Crippen LogP contribution in [0.3, 0.4) is 0 Å². The number of carbonyl (C=O) groups excluding carboxylic acids is 4. The third-order valence-electron chi connectivity index (χ3n) is 10.1. The summed E-state index contributed by atoms with van der Waals surface area (Å²) in [6.07, 6.45) is -10.0. The van der Waals surface area contributed by atoms with Crippen molar-refractivity contribution in [2.24, 2.45) is 16.7 Å². The average Bonchev–Trinajstić information content (AvgIpc) is 2.89. The Kier molecular flexibility index (Phi) is 8.20. The van der Waals surface area contributed by atoms with Crippen molar-refractivity contribution in [1.82, 2.24) is 5.32 Å². The molecule has 14 nitrogen and oxygen atoms in total. The highest BCUT2D eigenvalue weighted by Gasteiger charge is 2.76. The van der Waals surface area contributed by atoms with Gasteiger partial charge in [-0.05, 0) is 25.0 Å². The smallest absolute Gasteiger partial charge is 0.337 e. The van der Waals surface area contributed by atoms with E-state index in [1.165, 1.54) is 27.7 Å². The lowest BCUT2D eigenvalue weighted by Gasteiger charge is -2.66. The van der Waals surface area contributed by atoms with Crippen LogP contribution in [0.5, 0.6) is 0 Å². The van der Waals surface area contributed by atoms with Gasteiger partial charge in [0.05, 0.1) is 36.9 Å². The lowest BCUT2D eigenvalue weighted by Crippen LogP contribution is -2.81. The summed E-state index contributed by atoms with van der Waals surface area (Å²) in [7, 11) is 0. The van der Waals surface area contributed by atoms with Gasteiger partial charge >= 0.3 is 11.9 Å². The molecule has 3 fully saturated rings. The van der Waals surface area contributed by atoms with E-state index in [0.717, 1.165) is 13.8 Å². The molecule has 2 bridgehead atoms. The minimum Gasteiger partial charge on any atom is -0.459 e. The number of Topliss-reactive ketones (excluding diaryl/α,β-unsaturated/α-hetero) is 1. The fourth-order valence-corrected chi connectivity index (χ4v) is 7.66. The van der Waals surface area contributed by atoms with E-state index in [9.17, 15) is 49.8 Å². The Balaban J connectivity index is 1.89. The number of fused-ring (bicyclic) bond motifs is 5. The minimum absolute atomic E-state index is 0.0443. The molecule has 4 rings (SSSR count). The lowest BCUT2D eigenvalue weighted by molar-refractivity contribution is -0.345. The molecular weight excluding hydrogens is 558 g/mol. The molecule has 1 amide bonds. The minimum atomic E-state index is -2.22. The molecule has 0 unspecified atom stereocenters. The van der Waals surface area contributed by atoms with Crippen LogP contribution in [0.25, 0.3) is 0 Å². The molecule has 0 spiro atoms. The highest BCUT2D eigenvalue weighted by atomic mass is 16.6. The van der Waals surface area contributed by atoms with E-state index in [-0.39, 0.29) is 24.2 Å². The number of hydrogen-bond acceptors (Lipinski definition) is 13. The van der Waals surface area contributed by atoms with E-state index >= 15 is 0 Å². The van der Waals surface area contributed by atoms with Crippen LogP contribution in [0, 0.1) is 16.7 Å². The number of aliphatic hydroxyl groups excluding tert-OH is 4. The quantitative estimate of drug-likeness (QED) is 0.125. The number of amides is 1. The van der Waals surface area contributed by atoms with Gasteiger partial charge in [0.1, 0.15) is 29.5 Å². The van der Waals surface area contributed by atoms with Gasteiger partial charge in [0.15, 0.2) is 11.9 Å². The van der Waals surface area contributed by atoms with Gasteiger partial charge in [0, 0.05) is 38.0 Å². The summed E-state index contributed by atoms with van der Waals surface area (Å²) in [6, 6.07) is -1.41. The molecular formula is C28H41NO13. The summed E-state index contributed by atoms with van der Waals surface area (Å²) >= 11 is 0. The van der Waals surface area contributed by atoms with Gasteiger partial charge < -0.3 is 50.2 Å². The van der Waals surface area contributed by atoms with E-state index in [1.54, 1.807) is 0 Å². The van der Waals surface area contributed by atoms with Crippen molar-refractivity contribution in [2.45, 2.75) is 108 Å². The molecule has 0 aromatic heterocycles. The zero-order valence-corrected chi connectivity index (χ0v) is 24.5. The predicted octanol–water partition coefficient (Wildman–Crippen LogP) is -2.37. The van der Waals surface area contributed by atoms with Gasteiger partial charge in [-0.3, -0.25) is 14.4 Å². The number of ether oxygens (including phenoxy) is 3. The number of hydrogen-bond donors (Lipinski definition) is 7. The fraction of sp³-hybridized carbons (Fsp3) is 0.786. The Morgan fingerprint density at radius 3 is 2.24 bits per heavy atom. The van der Waals surface area contributed by atoms with Crippen LogP contribution in [0.1, 0.15) is 54.4 Å². The third kappa shape index (κ3) is 4.50. The fourth-order valence-electron chi connectivity index (χ4n) is 7.66. The van der Waals surface area contributed by atoms with E-state index in [0.29, 0.717) is 0 Å². The molecule has 1 heterocycles. The SMILES string of the molecule is CC(=O)N[C@@H](CO)[C@@H](O)C(=O)O[C@H]1C[C@@]2(O)[C@@H](OC(C)=O)[C@@H]3[C@]4(O)CO[C@@H]4C[C@H](O)[C@@]3(C)C(=O)[C@H](O)C(=C1C)C2(C)C. The van der Waals surface area contributed by atoms with Crippen molar-refractivity contribution in [1.29, 1.82) is 0 Å². The van der Waals surface area contributed by atoms with Crippen LogP contribution < -0.4 is 5.32 Å². The van der Waals surface area contributed by atoms with E-state index in [4.69, 9.17) is 14.2 Å². The van der Waals surface area contributed by atoms with E-state index < -0.39 is 107 Å². The van der Waals surface area contributed by atoms with Crippen LogP contribution in [0.2, 0.25) is 0 Å². The predicted molar refractivity (Wildman–Crippen MR) is 140 cm³/mol. The Labute approximate surface area is 242 Å². The second-order valence-corrected chi connectivity index (χ2v) is 12.8. The van der Waals surface area contributed by atoms with Crippen LogP contribution in [-0.2, 0) is 33.4 Å². The molecule has 14 heteroatoms. The van der Waals surface area contributed by atoms with Gasteiger partial charge in [-0.1, -0.05) is 13.8 Å². The molecule has 4 aliphatic rings. The average molecular weight is 600 g/mol. The standard InChI is InChI=1S/C28H41NO13/c1-11-15(42-24(37)19(34)14(9-30)29-12(2)31)8-28(39)23(41-13(3)32)21-26(6,16(33)7-17-27(21,38)10-40-17)22(36)20(35)18(11)25(28,4)5/h14-17,19-21,23,30,33-35,38-39H,7-10H2,1-6H3,(H,29,31)/t14-,15-,16-,17+,19+,20+,21-,23-,26+,27-,28+/m0/s1. The lowest BCUT2D eigenvalue weighted by atomic mass is 9.45. The maximum absolute atomic E-state index is 14.2. The van der Waals surface area contributed by atoms with Crippen molar-refractivity contribution in [3.05, 3.63) is 11.1 Å². The molecule has 0 aromatic rings. The summed E-state index contributed by atoms with van der Waals surface area (Å²) in [5, 5.41) is 69.7. The number of aliphatic hydroxyl groups is 6. The summed E-state index contributed by atoms with van der Waals surface area (Å²) in [5.74, 6) is -5.12. The van der Waals surface area contributed by atoms with Crippen molar-refractivity contribution in [2.75, 3.05) is 13.2 Å². The monoisotopic (exact) mass is 599 g/mol. The first-order chi connectivity index (χ1) is 19.3. The summed E-state index contributed by atoms with van der Waals surface area (Å²) in [4.78, 5) is 51.2. The molecule has 1 aliphatic heterocycles. The molecule has 42 heavy (non-hydrogen) atoms. The van der Waals surface area contributed by atoms with Gasteiger partial charge in [0.2, 0.25) is 5.91 Å². The normalized spacial score (nSPS) is 42.0. The summed E-state index contributed by atoms with van der Waals surface area (Å²) in [5.41, 5.74) is -7.37. The summed E-state index contributed by atoms with van der Waals surface area (Å²) < 4.78 is 16.8. The Morgan fingerprint density at radius 1 is 1.12 bits per heavy atom. The molecule has 7 N–H and O–H groups in total. The van der Waals surface area contributed by atoms with Crippen LogP contribution >= 0.6 is 0 Å². The molecule has 2 saturated carbocycles. The second kappa shape index (κ2) is 10.6. The first kappa shape index (κ1) is 32.5. The van der Waals surface area contributed by atoms with Gasteiger partial charge in [-0.25, -0.2) is 4.79 Å². The maximum atomic E-state index is 14.2. The number of carbonyl (C=O) groups is 4. The van der Waals surface area contributed by atoms with Crippen molar-refractivity contribution in [3.8, 4) is 0 Å². The molecule has 0 aromatic carbocycles. The maximum Gasteiger partial charge on any atom is 0.337 e. The largest absolute Gasteiger partial charge is 0.459 e. The first-order valence-electron chi connectivity index (χ1n) is 13.9. The zero-order valence-electron chi connectivity index (χ0n) is 24.5. The van der Waals surface area contributed by atoms with Crippen LogP contribution in [0.15, 0.2) is 11.1 Å². The first-order valence-corrected chi connectivity index (χ1v) is 13.9. The van der Waals surface area contributed by atoms with Crippen molar-refractivity contribution < 1.29 is 64.0 Å². The molecule has 1 saturated heterocycles. The highest BCUT2D eigenvalue weighted by molar-refractivity contribution is 5.93. The number of esters is 2. The highest BCUT2D eigenvalue weighted by Crippen LogP contribution is 2.63. The topological polar surface area (TPSA) is 229 Å². The molecule has 0 radical (unpaired) electrons. The third-order valence-corrected chi connectivity index (χ3v) is 10.1. The molecule has 11 atom stereocenters.